The quantitative estimate of drug-likeness (QED) is 0.743. The number of nitrogens with one attached hydrogen (secondary N) is 2. The second kappa shape index (κ2) is 4.75. The third-order valence-electron chi connectivity index (χ3n) is 3.29. The number of hydrogen-bond acceptors (Lipinski definition) is 3. The Morgan fingerprint density at radius 3 is 2.65 bits per heavy atom. The second-order valence-electron chi connectivity index (χ2n) is 4.39. The van der Waals surface area contributed by atoms with E-state index in [-0.39, 0.29) is 0 Å². The molecule has 0 spiro atoms. The summed E-state index contributed by atoms with van der Waals surface area (Å²) in [6, 6.07) is 7.88. The Hall–Kier alpha value is -1.55. The molecule has 0 fully saturated rings. The van der Waals surface area contributed by atoms with Crippen LogP contribution in [0.3, 0.4) is 0 Å². The number of nitrogens with zero attached hydrogens (tertiary/aromatic N) is 1. The predicted molar refractivity (Wildman–Crippen MR) is 70.1 cm³/mol. The lowest BCUT2D eigenvalue weighted by molar-refractivity contribution is 0.0455. The van der Waals surface area contributed by atoms with Crippen molar-refractivity contribution in [2.24, 2.45) is 0 Å². The molecule has 0 aliphatic rings. The number of aromatic amines is 1. The van der Waals surface area contributed by atoms with E-state index in [9.17, 15) is 5.11 Å². The Labute approximate surface area is 101 Å². The first kappa shape index (κ1) is 11.9. The van der Waals surface area contributed by atoms with Crippen LogP contribution >= 0.6 is 0 Å². The summed E-state index contributed by atoms with van der Waals surface area (Å²) in [5.74, 6) is 0.714. The normalized spacial score (nSPS) is 11.9. The fourth-order valence-electron chi connectivity index (χ4n) is 1.78. The fraction of sp³-hybridized carbons (Fsp3) is 0.462. The summed E-state index contributed by atoms with van der Waals surface area (Å²) in [6.45, 7) is 4.49. The zero-order valence-electron chi connectivity index (χ0n) is 10.3. The summed E-state index contributed by atoms with van der Waals surface area (Å²) in [6.07, 6.45) is 1.47. The van der Waals surface area contributed by atoms with Gasteiger partial charge in [0, 0.05) is 6.54 Å². The monoisotopic (exact) mass is 233 g/mol. The van der Waals surface area contributed by atoms with Crippen molar-refractivity contribution in [2.45, 2.75) is 32.3 Å². The number of benzene rings is 1. The van der Waals surface area contributed by atoms with Gasteiger partial charge in [0.1, 0.15) is 0 Å². The minimum Gasteiger partial charge on any atom is -0.388 e. The van der Waals surface area contributed by atoms with E-state index < -0.39 is 5.60 Å². The van der Waals surface area contributed by atoms with Gasteiger partial charge >= 0.3 is 0 Å². The van der Waals surface area contributed by atoms with Crippen LogP contribution in [0.1, 0.15) is 26.7 Å². The lowest BCUT2D eigenvalue weighted by Crippen LogP contribution is -2.35. The van der Waals surface area contributed by atoms with Gasteiger partial charge in [-0.15, -0.1) is 0 Å². The van der Waals surface area contributed by atoms with E-state index in [0.717, 1.165) is 23.9 Å². The maximum atomic E-state index is 10.2. The lowest BCUT2D eigenvalue weighted by atomic mass is 9.98. The standard InChI is InChI=1S/C13H19N3O/c1-3-13(17,4-2)9-14-12-15-10-7-5-6-8-11(10)16-12/h5-8,17H,3-4,9H2,1-2H3,(H2,14,15,16). The lowest BCUT2D eigenvalue weighted by Gasteiger charge is -2.25. The molecule has 1 aromatic carbocycles. The van der Waals surface area contributed by atoms with Gasteiger partial charge in [0.2, 0.25) is 5.95 Å². The SMILES string of the molecule is CCC(O)(CC)CNc1nc2ccccc2[nH]1. The van der Waals surface area contributed by atoms with Crippen LogP contribution in [0.25, 0.3) is 11.0 Å². The molecule has 2 aromatic rings. The summed E-state index contributed by atoms with van der Waals surface area (Å²) in [7, 11) is 0. The molecule has 0 aliphatic carbocycles. The molecule has 17 heavy (non-hydrogen) atoms. The van der Waals surface area contributed by atoms with E-state index in [2.05, 4.69) is 15.3 Å². The molecular weight excluding hydrogens is 214 g/mol. The number of H-pyrrole nitrogens is 1. The molecule has 0 amide bonds. The average Bonchev–Trinajstić information content (AvgIpc) is 2.79. The van der Waals surface area contributed by atoms with Crippen molar-refractivity contribution in [3.63, 3.8) is 0 Å². The number of hydrogen-bond donors (Lipinski definition) is 3. The van der Waals surface area contributed by atoms with Crippen molar-refractivity contribution < 1.29 is 5.11 Å². The molecule has 0 bridgehead atoms. The highest BCUT2D eigenvalue weighted by molar-refractivity contribution is 5.77. The first-order valence-electron chi connectivity index (χ1n) is 6.08. The van der Waals surface area contributed by atoms with Gasteiger partial charge in [0.05, 0.1) is 16.6 Å². The van der Waals surface area contributed by atoms with Crippen LogP contribution < -0.4 is 5.32 Å². The highest BCUT2D eigenvalue weighted by atomic mass is 16.3. The molecule has 0 unspecified atom stereocenters. The van der Waals surface area contributed by atoms with E-state index in [4.69, 9.17) is 0 Å². The summed E-state index contributed by atoms with van der Waals surface area (Å²) >= 11 is 0. The van der Waals surface area contributed by atoms with Crippen LogP contribution in [0.2, 0.25) is 0 Å². The van der Waals surface area contributed by atoms with Crippen molar-refractivity contribution in [2.75, 3.05) is 11.9 Å². The number of rotatable bonds is 5. The molecular formula is C13H19N3O. The molecule has 92 valence electrons. The Bertz CT molecular complexity index is 455. The van der Waals surface area contributed by atoms with Gasteiger partial charge in [-0.2, -0.15) is 0 Å². The van der Waals surface area contributed by atoms with Crippen LogP contribution in [-0.4, -0.2) is 27.2 Å². The van der Waals surface area contributed by atoms with Gasteiger partial charge in [0.25, 0.3) is 0 Å². The van der Waals surface area contributed by atoms with E-state index in [0.29, 0.717) is 12.5 Å². The first-order chi connectivity index (χ1) is 8.17. The topological polar surface area (TPSA) is 60.9 Å². The third kappa shape index (κ3) is 2.58. The summed E-state index contributed by atoms with van der Waals surface area (Å²) < 4.78 is 0. The van der Waals surface area contributed by atoms with Crippen LogP contribution in [-0.2, 0) is 0 Å². The molecule has 0 atom stereocenters. The Morgan fingerprint density at radius 2 is 2.00 bits per heavy atom. The van der Waals surface area contributed by atoms with Crippen molar-refractivity contribution in [1.82, 2.24) is 9.97 Å². The van der Waals surface area contributed by atoms with Gasteiger partial charge in [-0.3, -0.25) is 0 Å². The smallest absolute Gasteiger partial charge is 0.201 e. The molecule has 3 N–H and O–H groups in total. The van der Waals surface area contributed by atoms with E-state index in [1.54, 1.807) is 0 Å². The highest BCUT2D eigenvalue weighted by Crippen LogP contribution is 2.17. The van der Waals surface area contributed by atoms with Crippen LogP contribution in [0.4, 0.5) is 5.95 Å². The van der Waals surface area contributed by atoms with Crippen LogP contribution in [0.15, 0.2) is 24.3 Å². The van der Waals surface area contributed by atoms with E-state index in [1.165, 1.54) is 0 Å². The number of para-hydroxylation sites is 2. The summed E-state index contributed by atoms with van der Waals surface area (Å²) in [5.41, 5.74) is 1.29. The van der Waals surface area contributed by atoms with Gasteiger partial charge in [-0.05, 0) is 25.0 Å². The van der Waals surface area contributed by atoms with E-state index >= 15 is 0 Å². The second-order valence-corrected chi connectivity index (χ2v) is 4.39. The van der Waals surface area contributed by atoms with Crippen molar-refractivity contribution >= 4 is 17.0 Å². The summed E-state index contributed by atoms with van der Waals surface area (Å²) in [5, 5.41) is 13.3. The molecule has 0 saturated heterocycles. The molecule has 4 heteroatoms. The number of fused-ring (bicyclic) bond motifs is 1. The molecule has 0 radical (unpaired) electrons. The Kier molecular flexibility index (Phi) is 3.33. The minimum absolute atomic E-state index is 0.514. The first-order valence-corrected chi connectivity index (χ1v) is 6.08. The van der Waals surface area contributed by atoms with Crippen molar-refractivity contribution in [1.29, 1.82) is 0 Å². The van der Waals surface area contributed by atoms with Crippen molar-refractivity contribution in [3.05, 3.63) is 24.3 Å². The molecule has 0 saturated carbocycles. The van der Waals surface area contributed by atoms with Crippen molar-refractivity contribution in [3.8, 4) is 0 Å². The molecule has 2 rings (SSSR count). The molecule has 1 heterocycles. The highest BCUT2D eigenvalue weighted by Gasteiger charge is 2.21. The number of imidazole rings is 1. The zero-order chi connectivity index (χ0) is 12.3. The Morgan fingerprint density at radius 1 is 1.29 bits per heavy atom. The van der Waals surface area contributed by atoms with E-state index in [1.807, 2.05) is 38.1 Å². The molecule has 4 nitrogen and oxygen atoms in total. The van der Waals surface area contributed by atoms with Gasteiger partial charge in [0.15, 0.2) is 0 Å². The minimum atomic E-state index is -0.654. The van der Waals surface area contributed by atoms with Gasteiger partial charge in [-0.1, -0.05) is 26.0 Å². The number of aliphatic hydroxyl groups is 1. The average molecular weight is 233 g/mol. The predicted octanol–water partition coefficient (Wildman–Crippen LogP) is 2.53. The maximum Gasteiger partial charge on any atom is 0.201 e. The summed E-state index contributed by atoms with van der Waals surface area (Å²) in [4.78, 5) is 7.59. The number of anilines is 1. The zero-order valence-corrected chi connectivity index (χ0v) is 10.3. The van der Waals surface area contributed by atoms with Gasteiger partial charge in [-0.25, -0.2) is 4.98 Å². The number of aromatic nitrogens is 2. The van der Waals surface area contributed by atoms with Crippen LogP contribution in [0.5, 0.6) is 0 Å². The largest absolute Gasteiger partial charge is 0.388 e. The maximum absolute atomic E-state index is 10.2. The third-order valence-corrected chi connectivity index (χ3v) is 3.29. The van der Waals surface area contributed by atoms with Gasteiger partial charge < -0.3 is 15.4 Å². The molecule has 1 aromatic heterocycles. The fourth-order valence-corrected chi connectivity index (χ4v) is 1.78. The van der Waals surface area contributed by atoms with Crippen LogP contribution in [0, 0.1) is 0 Å². The Balaban J connectivity index is 2.09. The molecule has 0 aliphatic heterocycles.